The average Bonchev–Trinajstić information content (AvgIpc) is 3.39. The van der Waals surface area contributed by atoms with Gasteiger partial charge in [-0.3, -0.25) is 0 Å². The molecule has 0 aliphatic heterocycles. The maximum Gasteiger partial charge on any atom is 0.160 e. The number of hydrogen-bond acceptors (Lipinski definition) is 4. The highest BCUT2D eigenvalue weighted by atomic mass is 14.9. The van der Waals surface area contributed by atoms with E-state index < -0.39 is 0 Å². The van der Waals surface area contributed by atoms with Crippen LogP contribution < -0.4 is 0 Å². The molecule has 2 heterocycles. The van der Waals surface area contributed by atoms with Crippen molar-refractivity contribution in [2.45, 2.75) is 0 Å². The van der Waals surface area contributed by atoms with Gasteiger partial charge in [-0.05, 0) is 56.3 Å². The van der Waals surface area contributed by atoms with Gasteiger partial charge in [0.1, 0.15) is 0 Å². The number of benzene rings is 9. The minimum Gasteiger partial charge on any atom is -0.228 e. The van der Waals surface area contributed by atoms with Crippen molar-refractivity contribution in [3.63, 3.8) is 0 Å². The molecule has 0 amide bonds. The van der Waals surface area contributed by atoms with E-state index in [1.807, 2.05) is 72.8 Å². The first-order valence-corrected chi connectivity index (χ1v) is 21.5. The van der Waals surface area contributed by atoms with E-state index in [0.717, 1.165) is 78.4 Å². The zero-order valence-corrected chi connectivity index (χ0v) is 34.9. The Labute approximate surface area is 373 Å². The summed E-state index contributed by atoms with van der Waals surface area (Å²) in [5, 5.41) is 2.42. The van der Waals surface area contributed by atoms with Gasteiger partial charge >= 0.3 is 0 Å². The summed E-state index contributed by atoms with van der Waals surface area (Å²) in [6.45, 7) is 0. The van der Waals surface area contributed by atoms with Crippen molar-refractivity contribution in [3.05, 3.63) is 243 Å². The monoisotopic (exact) mass is 816 g/mol. The Bertz CT molecular complexity index is 3270. The lowest BCUT2D eigenvalue weighted by atomic mass is 9.85. The predicted octanol–water partition coefficient (Wildman–Crippen LogP) is 15.4. The van der Waals surface area contributed by atoms with Gasteiger partial charge in [-0.1, -0.05) is 231 Å². The Hall–Kier alpha value is -8.60. The van der Waals surface area contributed by atoms with E-state index in [2.05, 4.69) is 170 Å². The molecule has 300 valence electrons. The van der Waals surface area contributed by atoms with E-state index >= 15 is 0 Å². The number of nitrogens with zero attached hydrogens (tertiary/aromatic N) is 4. The van der Waals surface area contributed by atoms with Crippen molar-refractivity contribution in [3.8, 4) is 101 Å². The van der Waals surface area contributed by atoms with Crippen LogP contribution in [0.25, 0.3) is 112 Å². The lowest BCUT2D eigenvalue weighted by molar-refractivity contribution is 1.18. The predicted molar refractivity (Wildman–Crippen MR) is 264 cm³/mol. The van der Waals surface area contributed by atoms with Crippen LogP contribution in [0.2, 0.25) is 0 Å². The highest BCUT2D eigenvalue weighted by Crippen LogP contribution is 2.43. The summed E-state index contributed by atoms with van der Waals surface area (Å²) in [4.78, 5) is 20.3. The van der Waals surface area contributed by atoms with E-state index in [1.165, 1.54) is 21.9 Å². The van der Waals surface area contributed by atoms with Gasteiger partial charge in [0.15, 0.2) is 11.6 Å². The maximum atomic E-state index is 5.12. The van der Waals surface area contributed by atoms with Gasteiger partial charge in [-0.2, -0.15) is 0 Å². The molecule has 64 heavy (non-hydrogen) atoms. The number of rotatable bonds is 9. The smallest absolute Gasteiger partial charge is 0.160 e. The number of aromatic nitrogens is 4. The van der Waals surface area contributed by atoms with Crippen LogP contribution in [0.15, 0.2) is 243 Å². The molecule has 0 atom stereocenters. The van der Waals surface area contributed by atoms with Crippen LogP contribution in [-0.4, -0.2) is 19.9 Å². The lowest BCUT2D eigenvalue weighted by Crippen LogP contribution is -1.96. The summed E-state index contributed by atoms with van der Waals surface area (Å²) >= 11 is 0. The van der Waals surface area contributed by atoms with Crippen LogP contribution >= 0.6 is 0 Å². The Morgan fingerprint density at radius 2 is 0.562 bits per heavy atom. The van der Waals surface area contributed by atoms with Crippen molar-refractivity contribution < 1.29 is 0 Å². The molecule has 0 aliphatic rings. The minimum absolute atomic E-state index is 0.697. The molecule has 11 aromatic rings. The van der Waals surface area contributed by atoms with Gasteiger partial charge in [0.2, 0.25) is 0 Å². The Morgan fingerprint density at radius 1 is 0.219 bits per heavy atom. The van der Waals surface area contributed by atoms with E-state index in [0.29, 0.717) is 11.6 Å². The van der Waals surface area contributed by atoms with Crippen LogP contribution in [0.3, 0.4) is 0 Å². The van der Waals surface area contributed by atoms with Crippen molar-refractivity contribution in [1.29, 1.82) is 0 Å². The molecule has 0 saturated carbocycles. The average molecular weight is 817 g/mol. The van der Waals surface area contributed by atoms with E-state index in [4.69, 9.17) is 19.9 Å². The normalized spacial score (nSPS) is 11.1. The SMILES string of the molecule is c1ccc(-c2cc(-c3ccc(-c4cccc(-c5cccc6ccccc56)c4-c4ccc(-c5cc(-c6ccccc6)nc(-c6ccccc6)n5)cc4)cc3)nc(-c3ccccc3)n2)cc1. The Kier molecular flexibility index (Phi) is 10.2. The highest BCUT2D eigenvalue weighted by Gasteiger charge is 2.18. The molecule has 2 aromatic heterocycles. The molecule has 0 unspecified atom stereocenters. The van der Waals surface area contributed by atoms with Crippen LogP contribution in [0.4, 0.5) is 0 Å². The van der Waals surface area contributed by atoms with Gasteiger partial charge in [0.05, 0.1) is 22.8 Å². The minimum atomic E-state index is 0.697. The van der Waals surface area contributed by atoms with Gasteiger partial charge < -0.3 is 0 Å². The number of hydrogen-bond donors (Lipinski definition) is 0. The molecule has 0 bridgehead atoms. The third-order valence-corrected chi connectivity index (χ3v) is 11.8. The third-order valence-electron chi connectivity index (χ3n) is 11.8. The van der Waals surface area contributed by atoms with Crippen LogP contribution in [0.1, 0.15) is 0 Å². The summed E-state index contributed by atoms with van der Waals surface area (Å²) < 4.78 is 0. The van der Waals surface area contributed by atoms with Gasteiger partial charge in [0, 0.05) is 33.4 Å². The molecule has 9 aromatic carbocycles. The molecule has 11 rings (SSSR count). The molecule has 0 spiro atoms. The first-order chi connectivity index (χ1) is 31.7. The second kappa shape index (κ2) is 17.0. The highest BCUT2D eigenvalue weighted by molar-refractivity contribution is 6.04. The van der Waals surface area contributed by atoms with Crippen LogP contribution in [0, 0.1) is 0 Å². The summed E-state index contributed by atoms with van der Waals surface area (Å²) in [7, 11) is 0. The first-order valence-electron chi connectivity index (χ1n) is 21.5. The molecule has 0 saturated heterocycles. The van der Waals surface area contributed by atoms with Crippen LogP contribution in [-0.2, 0) is 0 Å². The van der Waals surface area contributed by atoms with Gasteiger partial charge in [-0.15, -0.1) is 0 Å². The Morgan fingerprint density at radius 3 is 1.06 bits per heavy atom. The fraction of sp³-hybridized carbons (Fsp3) is 0. The summed E-state index contributed by atoms with van der Waals surface area (Å²) in [6.07, 6.45) is 0. The third kappa shape index (κ3) is 7.65. The molecule has 0 N–H and O–H groups in total. The van der Waals surface area contributed by atoms with E-state index in [-0.39, 0.29) is 0 Å². The second-order valence-electron chi connectivity index (χ2n) is 15.8. The molecule has 0 aliphatic carbocycles. The standard InChI is InChI=1S/C60H40N4/c1-5-18-43(19-6-1)54-39-56(63-59(61-54)48-22-9-3-10-23-48)45-33-31-42(32-34-45)51-28-16-30-53(52-29-15-26-41-17-13-14-27-50(41)52)58(51)47-37-35-46(36-38-47)57-40-55(44-20-7-2-8-21-44)62-60(64-57)49-24-11-4-12-25-49/h1-40H. The summed E-state index contributed by atoms with van der Waals surface area (Å²) in [5.74, 6) is 1.40. The van der Waals surface area contributed by atoms with Crippen molar-refractivity contribution >= 4 is 10.8 Å². The van der Waals surface area contributed by atoms with Crippen molar-refractivity contribution in [1.82, 2.24) is 19.9 Å². The van der Waals surface area contributed by atoms with Gasteiger partial charge in [-0.25, -0.2) is 19.9 Å². The molecule has 4 nitrogen and oxygen atoms in total. The maximum absolute atomic E-state index is 5.12. The number of fused-ring (bicyclic) bond motifs is 1. The molecule has 0 radical (unpaired) electrons. The van der Waals surface area contributed by atoms with E-state index in [9.17, 15) is 0 Å². The fourth-order valence-corrected chi connectivity index (χ4v) is 8.55. The largest absolute Gasteiger partial charge is 0.228 e. The molecule has 4 heteroatoms. The topological polar surface area (TPSA) is 51.6 Å². The quantitative estimate of drug-likeness (QED) is 0.146. The second-order valence-corrected chi connectivity index (χ2v) is 15.8. The zero-order valence-electron chi connectivity index (χ0n) is 34.9. The van der Waals surface area contributed by atoms with E-state index in [1.54, 1.807) is 0 Å². The first kappa shape index (κ1) is 38.3. The Balaban J connectivity index is 1.03. The van der Waals surface area contributed by atoms with Gasteiger partial charge in [0.25, 0.3) is 0 Å². The zero-order chi connectivity index (χ0) is 42.7. The van der Waals surface area contributed by atoms with Crippen LogP contribution in [0.5, 0.6) is 0 Å². The van der Waals surface area contributed by atoms with Crippen molar-refractivity contribution in [2.24, 2.45) is 0 Å². The lowest BCUT2D eigenvalue weighted by Gasteiger charge is -2.18. The molecular formula is C60H40N4. The molecule has 0 fully saturated rings. The summed E-state index contributed by atoms with van der Waals surface area (Å²) in [6, 6.07) is 84.8. The summed E-state index contributed by atoms with van der Waals surface area (Å²) in [5.41, 5.74) is 16.5. The fourth-order valence-electron chi connectivity index (χ4n) is 8.55. The van der Waals surface area contributed by atoms with Crippen molar-refractivity contribution in [2.75, 3.05) is 0 Å². The molecular weight excluding hydrogens is 777 g/mol.